The molecule has 0 saturated heterocycles. The lowest BCUT2D eigenvalue weighted by Crippen LogP contribution is -2.00. The van der Waals surface area contributed by atoms with Crippen molar-refractivity contribution >= 4 is 0 Å². The molecular formula is C12H16. The van der Waals surface area contributed by atoms with Crippen LogP contribution in [0.2, 0.25) is 0 Å². The molecule has 1 saturated carbocycles. The van der Waals surface area contributed by atoms with E-state index in [-0.39, 0.29) is 0 Å². The standard InChI is InChI=1S/C12H16/c1-10-6-5-9-12(10)11-7-3-2-4-8-11/h2-4,7-8,10,12H,5-6,9H2,1H3/t10?,12-/m1/s1. The Morgan fingerprint density at radius 2 is 1.83 bits per heavy atom. The van der Waals surface area contributed by atoms with E-state index >= 15 is 0 Å². The van der Waals surface area contributed by atoms with Crippen molar-refractivity contribution in [1.82, 2.24) is 0 Å². The summed E-state index contributed by atoms with van der Waals surface area (Å²) in [6, 6.07) is 10.9. The van der Waals surface area contributed by atoms with Gasteiger partial charge in [-0.1, -0.05) is 50.1 Å². The van der Waals surface area contributed by atoms with Crippen LogP contribution in [0.25, 0.3) is 0 Å². The van der Waals surface area contributed by atoms with Gasteiger partial charge in [0.15, 0.2) is 0 Å². The molecule has 1 unspecified atom stereocenters. The van der Waals surface area contributed by atoms with E-state index in [0.717, 1.165) is 11.8 Å². The Labute approximate surface area is 74.6 Å². The van der Waals surface area contributed by atoms with E-state index in [4.69, 9.17) is 0 Å². The molecule has 0 bridgehead atoms. The van der Waals surface area contributed by atoms with Gasteiger partial charge in [0.2, 0.25) is 0 Å². The molecule has 0 amide bonds. The molecule has 2 rings (SSSR count). The van der Waals surface area contributed by atoms with Crippen molar-refractivity contribution in [2.24, 2.45) is 5.92 Å². The lowest BCUT2D eigenvalue weighted by Gasteiger charge is -2.14. The molecule has 1 aromatic carbocycles. The van der Waals surface area contributed by atoms with Gasteiger partial charge >= 0.3 is 0 Å². The van der Waals surface area contributed by atoms with Gasteiger partial charge in [0.1, 0.15) is 0 Å². The lowest BCUT2D eigenvalue weighted by atomic mass is 9.90. The van der Waals surface area contributed by atoms with Gasteiger partial charge in [0.05, 0.1) is 0 Å². The van der Waals surface area contributed by atoms with Crippen LogP contribution in [0.1, 0.15) is 37.7 Å². The lowest BCUT2D eigenvalue weighted by molar-refractivity contribution is 0.533. The molecule has 1 aromatic rings. The molecule has 1 fully saturated rings. The molecule has 2 atom stereocenters. The fraction of sp³-hybridized carbons (Fsp3) is 0.500. The third-order valence-corrected chi connectivity index (χ3v) is 3.09. The van der Waals surface area contributed by atoms with E-state index in [9.17, 15) is 0 Å². The topological polar surface area (TPSA) is 0 Å². The van der Waals surface area contributed by atoms with Crippen LogP contribution in [0.15, 0.2) is 30.3 Å². The second kappa shape index (κ2) is 3.30. The Hall–Kier alpha value is -0.780. The fourth-order valence-corrected chi connectivity index (χ4v) is 2.34. The molecule has 0 heteroatoms. The highest BCUT2D eigenvalue weighted by Gasteiger charge is 2.24. The molecule has 0 spiro atoms. The first-order valence-corrected chi connectivity index (χ1v) is 4.93. The SMILES string of the molecule is CC1CCC[C@H]1c1ccccc1. The molecule has 0 aromatic heterocycles. The molecule has 0 N–H and O–H groups in total. The largest absolute Gasteiger partial charge is 0.0622 e. The first kappa shape index (κ1) is 7.85. The van der Waals surface area contributed by atoms with Crippen molar-refractivity contribution in [3.8, 4) is 0 Å². The normalized spacial score (nSPS) is 29.1. The van der Waals surface area contributed by atoms with E-state index in [0.29, 0.717) is 0 Å². The van der Waals surface area contributed by atoms with Gasteiger partial charge in [-0.05, 0) is 23.8 Å². The summed E-state index contributed by atoms with van der Waals surface area (Å²) in [7, 11) is 0. The average molecular weight is 160 g/mol. The fourth-order valence-electron chi connectivity index (χ4n) is 2.34. The van der Waals surface area contributed by atoms with Crippen molar-refractivity contribution in [3.05, 3.63) is 35.9 Å². The van der Waals surface area contributed by atoms with Crippen molar-refractivity contribution in [2.75, 3.05) is 0 Å². The third-order valence-electron chi connectivity index (χ3n) is 3.09. The van der Waals surface area contributed by atoms with Crippen LogP contribution in [-0.4, -0.2) is 0 Å². The first-order valence-electron chi connectivity index (χ1n) is 4.93. The summed E-state index contributed by atoms with van der Waals surface area (Å²) >= 11 is 0. The highest BCUT2D eigenvalue weighted by molar-refractivity contribution is 5.20. The monoisotopic (exact) mass is 160 g/mol. The predicted molar refractivity (Wildman–Crippen MR) is 52.2 cm³/mol. The minimum Gasteiger partial charge on any atom is -0.0622 e. The maximum Gasteiger partial charge on any atom is -0.0136 e. The van der Waals surface area contributed by atoms with E-state index in [2.05, 4.69) is 37.3 Å². The van der Waals surface area contributed by atoms with E-state index in [1.54, 1.807) is 5.56 Å². The Bertz CT molecular complexity index is 237. The molecule has 1 aliphatic rings. The van der Waals surface area contributed by atoms with Crippen LogP contribution in [0.5, 0.6) is 0 Å². The van der Waals surface area contributed by atoms with Gasteiger partial charge in [-0.15, -0.1) is 0 Å². The Morgan fingerprint density at radius 1 is 1.08 bits per heavy atom. The molecule has 12 heavy (non-hydrogen) atoms. The zero-order chi connectivity index (χ0) is 8.39. The molecule has 0 heterocycles. The van der Waals surface area contributed by atoms with Crippen molar-refractivity contribution in [2.45, 2.75) is 32.1 Å². The number of rotatable bonds is 1. The van der Waals surface area contributed by atoms with Gasteiger partial charge in [-0.25, -0.2) is 0 Å². The highest BCUT2D eigenvalue weighted by Crippen LogP contribution is 2.38. The van der Waals surface area contributed by atoms with Gasteiger partial charge < -0.3 is 0 Å². The summed E-state index contributed by atoms with van der Waals surface area (Å²) in [4.78, 5) is 0. The average Bonchev–Trinajstić information content (AvgIpc) is 2.53. The number of hydrogen-bond donors (Lipinski definition) is 0. The second-order valence-electron chi connectivity index (χ2n) is 3.93. The zero-order valence-corrected chi connectivity index (χ0v) is 7.66. The molecule has 0 radical (unpaired) electrons. The smallest absolute Gasteiger partial charge is 0.0136 e. The minimum atomic E-state index is 0.839. The summed E-state index contributed by atoms with van der Waals surface area (Å²) < 4.78 is 0. The Kier molecular flexibility index (Phi) is 2.16. The zero-order valence-electron chi connectivity index (χ0n) is 7.66. The Balaban J connectivity index is 2.19. The van der Waals surface area contributed by atoms with Gasteiger partial charge in [0.25, 0.3) is 0 Å². The van der Waals surface area contributed by atoms with Crippen LogP contribution in [0.3, 0.4) is 0 Å². The van der Waals surface area contributed by atoms with Crippen LogP contribution >= 0.6 is 0 Å². The van der Waals surface area contributed by atoms with Crippen molar-refractivity contribution < 1.29 is 0 Å². The summed E-state index contributed by atoms with van der Waals surface area (Å²) in [5, 5.41) is 0. The van der Waals surface area contributed by atoms with Crippen molar-refractivity contribution in [1.29, 1.82) is 0 Å². The highest BCUT2D eigenvalue weighted by atomic mass is 14.3. The van der Waals surface area contributed by atoms with Crippen LogP contribution < -0.4 is 0 Å². The van der Waals surface area contributed by atoms with Crippen molar-refractivity contribution in [3.63, 3.8) is 0 Å². The van der Waals surface area contributed by atoms with Crippen LogP contribution in [0, 0.1) is 5.92 Å². The van der Waals surface area contributed by atoms with E-state index in [1.807, 2.05) is 0 Å². The quantitative estimate of drug-likeness (QED) is 0.589. The van der Waals surface area contributed by atoms with E-state index < -0.39 is 0 Å². The number of benzene rings is 1. The predicted octanol–water partition coefficient (Wildman–Crippen LogP) is 3.59. The first-order chi connectivity index (χ1) is 5.88. The van der Waals surface area contributed by atoms with Gasteiger partial charge in [-0.3, -0.25) is 0 Å². The summed E-state index contributed by atoms with van der Waals surface area (Å²) in [6.45, 7) is 2.38. The van der Waals surface area contributed by atoms with Gasteiger partial charge in [0, 0.05) is 0 Å². The Morgan fingerprint density at radius 3 is 2.42 bits per heavy atom. The minimum absolute atomic E-state index is 0.839. The molecule has 0 nitrogen and oxygen atoms in total. The maximum absolute atomic E-state index is 2.38. The molecule has 1 aliphatic carbocycles. The summed E-state index contributed by atoms with van der Waals surface area (Å²) in [6.07, 6.45) is 4.23. The summed E-state index contributed by atoms with van der Waals surface area (Å²) in [5.41, 5.74) is 1.54. The third kappa shape index (κ3) is 1.38. The van der Waals surface area contributed by atoms with Gasteiger partial charge in [-0.2, -0.15) is 0 Å². The maximum atomic E-state index is 2.38. The molecular weight excluding hydrogens is 144 g/mol. The summed E-state index contributed by atoms with van der Waals surface area (Å²) in [5.74, 6) is 1.73. The van der Waals surface area contributed by atoms with Crippen LogP contribution in [0.4, 0.5) is 0 Å². The number of hydrogen-bond acceptors (Lipinski definition) is 0. The van der Waals surface area contributed by atoms with E-state index in [1.165, 1.54) is 19.3 Å². The molecule has 64 valence electrons. The van der Waals surface area contributed by atoms with Crippen LogP contribution in [-0.2, 0) is 0 Å². The second-order valence-corrected chi connectivity index (χ2v) is 3.93. The molecule has 0 aliphatic heterocycles.